The summed E-state index contributed by atoms with van der Waals surface area (Å²) >= 11 is 0. The molecule has 1 atom stereocenters. The molecule has 1 spiro atoms. The minimum atomic E-state index is -0.528. The molecule has 2 N–H and O–H groups in total. The summed E-state index contributed by atoms with van der Waals surface area (Å²) in [5.74, 6) is 0.312. The molecule has 0 radical (unpaired) electrons. The van der Waals surface area contributed by atoms with Gasteiger partial charge in [0.05, 0.1) is 12.1 Å². The van der Waals surface area contributed by atoms with Crippen LogP contribution in [0.1, 0.15) is 39.3 Å². The van der Waals surface area contributed by atoms with Crippen molar-refractivity contribution in [1.29, 1.82) is 0 Å². The molecule has 6 heteroatoms. The Bertz CT molecular complexity index is 857. The second kappa shape index (κ2) is 5.65. The number of hydrogen-bond donors (Lipinski definition) is 1. The molecule has 130 valence electrons. The molecular weight excluding hydrogens is 318 g/mol. The maximum atomic E-state index is 12.9. The number of carbonyl (C=O) groups excluding carboxylic acids is 2. The van der Waals surface area contributed by atoms with Crippen LogP contribution in [0.25, 0.3) is 0 Å². The van der Waals surface area contributed by atoms with Crippen molar-refractivity contribution in [2.45, 2.75) is 24.9 Å². The van der Waals surface area contributed by atoms with Gasteiger partial charge in [-0.05, 0) is 30.5 Å². The van der Waals surface area contributed by atoms with Crippen molar-refractivity contribution >= 4 is 11.8 Å². The average Bonchev–Trinajstić information content (AvgIpc) is 3.18. The fraction of sp³-hybridized carbons (Fsp3) is 0.368. The SMILES string of the molecule is Cn1cc(C(N)=O)cc1C(=O)N1CCC2(CCc3ccccc3O2)C1. The fourth-order valence-electron chi connectivity index (χ4n) is 3.84. The number of primary amides is 1. The monoisotopic (exact) mass is 339 g/mol. The molecule has 3 heterocycles. The zero-order chi connectivity index (χ0) is 17.6. The molecule has 1 aromatic heterocycles. The Morgan fingerprint density at radius 1 is 1.24 bits per heavy atom. The predicted molar refractivity (Wildman–Crippen MR) is 92.6 cm³/mol. The maximum Gasteiger partial charge on any atom is 0.270 e. The number of nitrogens with zero attached hydrogens (tertiary/aromatic N) is 2. The number of aromatic nitrogens is 1. The largest absolute Gasteiger partial charge is 0.485 e. The van der Waals surface area contributed by atoms with Gasteiger partial charge in [0, 0.05) is 26.2 Å². The first kappa shape index (κ1) is 15.7. The van der Waals surface area contributed by atoms with Crippen LogP contribution in [0.15, 0.2) is 36.5 Å². The molecular formula is C19H21N3O3. The van der Waals surface area contributed by atoms with Crippen molar-refractivity contribution in [3.8, 4) is 5.75 Å². The van der Waals surface area contributed by atoms with Crippen molar-refractivity contribution < 1.29 is 14.3 Å². The molecule has 1 saturated heterocycles. The predicted octanol–water partition coefficient (Wildman–Crippen LogP) is 1.73. The lowest BCUT2D eigenvalue weighted by atomic mass is 9.90. The van der Waals surface area contributed by atoms with E-state index in [0.717, 1.165) is 25.0 Å². The summed E-state index contributed by atoms with van der Waals surface area (Å²) in [5.41, 5.74) is 7.06. The van der Waals surface area contributed by atoms with E-state index in [1.807, 2.05) is 23.1 Å². The first-order valence-electron chi connectivity index (χ1n) is 8.50. The van der Waals surface area contributed by atoms with E-state index in [1.165, 1.54) is 5.56 Å². The molecule has 0 saturated carbocycles. The van der Waals surface area contributed by atoms with Gasteiger partial charge in [0.1, 0.15) is 17.0 Å². The standard InChI is InChI=1S/C19H21N3O3/c1-21-11-14(17(20)23)10-15(21)18(24)22-9-8-19(12-22)7-6-13-4-2-3-5-16(13)25-19/h2-5,10-11H,6-9,12H2,1H3,(H2,20,23). The van der Waals surface area contributed by atoms with Crippen molar-refractivity contribution in [3.63, 3.8) is 0 Å². The average molecular weight is 339 g/mol. The van der Waals surface area contributed by atoms with Gasteiger partial charge in [-0.2, -0.15) is 0 Å². The number of rotatable bonds is 2. The Hall–Kier alpha value is -2.76. The van der Waals surface area contributed by atoms with Crippen molar-refractivity contribution in [2.75, 3.05) is 13.1 Å². The van der Waals surface area contributed by atoms with Gasteiger partial charge in [-0.15, -0.1) is 0 Å². The van der Waals surface area contributed by atoms with Crippen LogP contribution < -0.4 is 10.5 Å². The Morgan fingerprint density at radius 3 is 2.80 bits per heavy atom. The van der Waals surface area contributed by atoms with Gasteiger partial charge in [-0.1, -0.05) is 18.2 Å². The van der Waals surface area contributed by atoms with Crippen LogP contribution in [0.5, 0.6) is 5.75 Å². The third-order valence-corrected chi connectivity index (χ3v) is 5.26. The summed E-state index contributed by atoms with van der Waals surface area (Å²) in [6.07, 6.45) is 4.29. The van der Waals surface area contributed by atoms with E-state index in [2.05, 4.69) is 6.07 Å². The van der Waals surface area contributed by atoms with Gasteiger partial charge in [0.25, 0.3) is 5.91 Å². The van der Waals surface area contributed by atoms with Crippen LogP contribution in [0.3, 0.4) is 0 Å². The molecule has 1 unspecified atom stereocenters. The van der Waals surface area contributed by atoms with E-state index < -0.39 is 5.91 Å². The first-order chi connectivity index (χ1) is 12.0. The Labute approximate surface area is 146 Å². The van der Waals surface area contributed by atoms with Crippen LogP contribution in [0, 0.1) is 0 Å². The van der Waals surface area contributed by atoms with Crippen LogP contribution in [0.2, 0.25) is 0 Å². The van der Waals surface area contributed by atoms with Crippen LogP contribution in [0.4, 0.5) is 0 Å². The summed E-state index contributed by atoms with van der Waals surface area (Å²) in [5, 5.41) is 0. The molecule has 2 amide bonds. The number of amides is 2. The minimum Gasteiger partial charge on any atom is -0.485 e. The van der Waals surface area contributed by atoms with Crippen molar-refractivity contribution in [3.05, 3.63) is 53.3 Å². The van der Waals surface area contributed by atoms with E-state index in [0.29, 0.717) is 24.3 Å². The van der Waals surface area contributed by atoms with Gasteiger partial charge in [0.2, 0.25) is 5.91 Å². The van der Waals surface area contributed by atoms with Gasteiger partial charge >= 0.3 is 0 Å². The van der Waals surface area contributed by atoms with E-state index >= 15 is 0 Å². The number of carbonyl (C=O) groups is 2. The Balaban J connectivity index is 1.53. The van der Waals surface area contributed by atoms with Gasteiger partial charge in [-0.25, -0.2) is 0 Å². The van der Waals surface area contributed by atoms with E-state index in [4.69, 9.17) is 10.5 Å². The molecule has 25 heavy (non-hydrogen) atoms. The molecule has 1 fully saturated rings. The number of para-hydroxylation sites is 1. The summed E-state index contributed by atoms with van der Waals surface area (Å²) in [6, 6.07) is 9.65. The summed E-state index contributed by atoms with van der Waals surface area (Å²) < 4.78 is 7.95. The zero-order valence-electron chi connectivity index (χ0n) is 14.2. The summed E-state index contributed by atoms with van der Waals surface area (Å²) in [6.45, 7) is 1.22. The van der Waals surface area contributed by atoms with Crippen LogP contribution in [-0.4, -0.2) is 40.0 Å². The van der Waals surface area contributed by atoms with Crippen LogP contribution >= 0.6 is 0 Å². The Morgan fingerprint density at radius 2 is 2.04 bits per heavy atom. The molecule has 0 bridgehead atoms. The smallest absolute Gasteiger partial charge is 0.270 e. The van der Waals surface area contributed by atoms with Gasteiger partial charge in [-0.3, -0.25) is 9.59 Å². The third-order valence-electron chi connectivity index (χ3n) is 5.26. The normalized spacial score (nSPS) is 21.9. The van der Waals surface area contributed by atoms with Crippen molar-refractivity contribution in [1.82, 2.24) is 9.47 Å². The molecule has 0 aliphatic carbocycles. The molecule has 2 aliphatic heterocycles. The van der Waals surface area contributed by atoms with E-state index in [1.54, 1.807) is 23.9 Å². The number of ether oxygens (including phenoxy) is 1. The molecule has 1 aromatic carbocycles. The highest BCUT2D eigenvalue weighted by molar-refractivity contribution is 5.98. The highest BCUT2D eigenvalue weighted by Gasteiger charge is 2.44. The Kier molecular flexibility index (Phi) is 3.56. The lowest BCUT2D eigenvalue weighted by Crippen LogP contribution is -2.43. The maximum absolute atomic E-state index is 12.9. The molecule has 2 aromatic rings. The number of nitrogens with two attached hydrogens (primary N) is 1. The lowest BCUT2D eigenvalue weighted by molar-refractivity contribution is 0.0481. The van der Waals surface area contributed by atoms with Crippen molar-refractivity contribution in [2.24, 2.45) is 12.8 Å². The topological polar surface area (TPSA) is 77.6 Å². The van der Waals surface area contributed by atoms with Crippen LogP contribution in [-0.2, 0) is 13.5 Å². The summed E-state index contributed by atoms with van der Waals surface area (Å²) in [7, 11) is 1.75. The number of hydrogen-bond acceptors (Lipinski definition) is 3. The minimum absolute atomic E-state index is 0.0886. The van der Waals surface area contributed by atoms with Gasteiger partial charge < -0.3 is 19.9 Å². The van der Waals surface area contributed by atoms with Gasteiger partial charge in [0.15, 0.2) is 0 Å². The number of likely N-dealkylation sites (tertiary alicyclic amines) is 1. The molecule has 2 aliphatic rings. The second-order valence-corrected chi connectivity index (χ2v) is 6.96. The zero-order valence-corrected chi connectivity index (χ0v) is 14.2. The number of fused-ring (bicyclic) bond motifs is 1. The van der Waals surface area contributed by atoms with E-state index in [9.17, 15) is 9.59 Å². The third kappa shape index (κ3) is 2.67. The van der Waals surface area contributed by atoms with E-state index in [-0.39, 0.29) is 11.5 Å². The fourth-order valence-corrected chi connectivity index (χ4v) is 3.84. The lowest BCUT2D eigenvalue weighted by Gasteiger charge is -2.35. The summed E-state index contributed by atoms with van der Waals surface area (Å²) in [4.78, 5) is 26.0. The number of aryl methyl sites for hydroxylation is 2. The first-order valence-corrected chi connectivity index (χ1v) is 8.50. The quantitative estimate of drug-likeness (QED) is 0.905. The highest BCUT2D eigenvalue weighted by Crippen LogP contribution is 2.38. The molecule has 4 rings (SSSR count). The second-order valence-electron chi connectivity index (χ2n) is 6.96. The molecule has 6 nitrogen and oxygen atoms in total. The highest BCUT2D eigenvalue weighted by atomic mass is 16.5. The number of benzene rings is 1.